The third kappa shape index (κ3) is 2.77. The Kier molecular flexibility index (Phi) is 3.94. The lowest BCUT2D eigenvalue weighted by atomic mass is 10.1. The van der Waals surface area contributed by atoms with Crippen LogP contribution in [0.15, 0.2) is 4.99 Å². The molecule has 0 radical (unpaired) electrons. The minimum Gasteiger partial charge on any atom is -0.387 e. The van der Waals surface area contributed by atoms with Crippen LogP contribution in [-0.4, -0.2) is 18.7 Å². The predicted octanol–water partition coefficient (Wildman–Crippen LogP) is -1.86. The molecule has 10 heavy (non-hydrogen) atoms. The van der Waals surface area contributed by atoms with Gasteiger partial charge in [-0.15, -0.1) is 0 Å². The molecule has 0 aromatic carbocycles. The van der Waals surface area contributed by atoms with Gasteiger partial charge < -0.3 is 22.9 Å². The van der Waals surface area contributed by atoms with Crippen LogP contribution >= 0.6 is 0 Å². The molecule has 0 aromatic heterocycles. The number of aliphatic imine (C=N–C) groups is 1. The lowest BCUT2D eigenvalue weighted by Gasteiger charge is -2.13. The molecule has 0 bridgehead atoms. The normalized spacial score (nSPS) is 15.9. The number of amidine groups is 1. The molecule has 5 nitrogen and oxygen atoms in total. The van der Waals surface area contributed by atoms with Crippen molar-refractivity contribution in [1.29, 1.82) is 0 Å². The third-order valence-corrected chi connectivity index (χ3v) is 1.32. The number of rotatable bonds is 3. The van der Waals surface area contributed by atoms with Crippen molar-refractivity contribution in [3.63, 3.8) is 0 Å². The van der Waals surface area contributed by atoms with E-state index in [1.165, 1.54) is 0 Å². The summed E-state index contributed by atoms with van der Waals surface area (Å²) in [6.45, 7) is 1.99. The van der Waals surface area contributed by atoms with E-state index in [1.807, 2.05) is 0 Å². The fraction of sp³-hybridized carbons (Fsp3) is 0.800. The summed E-state index contributed by atoms with van der Waals surface area (Å²) in [7, 11) is 0. The molecule has 0 saturated heterocycles. The first kappa shape index (κ1) is 9.35. The zero-order valence-electron chi connectivity index (χ0n) is 6.12. The van der Waals surface area contributed by atoms with Crippen molar-refractivity contribution in [2.45, 2.75) is 13.1 Å². The highest BCUT2D eigenvalue weighted by molar-refractivity contribution is 5.83. The van der Waals surface area contributed by atoms with Crippen molar-refractivity contribution in [1.82, 2.24) is 0 Å². The van der Waals surface area contributed by atoms with Crippen molar-refractivity contribution >= 4 is 5.84 Å². The Morgan fingerprint density at radius 3 is 2.30 bits per heavy atom. The molecule has 5 heteroatoms. The lowest BCUT2D eigenvalue weighted by Crippen LogP contribution is -2.44. The van der Waals surface area contributed by atoms with E-state index in [1.54, 1.807) is 6.92 Å². The summed E-state index contributed by atoms with van der Waals surface area (Å²) in [6.07, 6.45) is -0.463. The Balaban J connectivity index is 3.93. The molecule has 0 heterocycles. The van der Waals surface area contributed by atoms with Gasteiger partial charge in [-0.1, -0.05) is 6.92 Å². The number of nitrogens with two attached hydrogens (primary N) is 4. The van der Waals surface area contributed by atoms with Crippen molar-refractivity contribution in [3.8, 4) is 0 Å². The van der Waals surface area contributed by atoms with Crippen LogP contribution in [0.2, 0.25) is 0 Å². The summed E-state index contributed by atoms with van der Waals surface area (Å²) in [5.41, 5.74) is 21.2. The van der Waals surface area contributed by atoms with E-state index in [-0.39, 0.29) is 12.6 Å². The number of hydrogen-bond donors (Lipinski definition) is 4. The first-order chi connectivity index (χ1) is 4.59. The van der Waals surface area contributed by atoms with Gasteiger partial charge in [-0.3, -0.25) is 4.99 Å². The second-order valence-electron chi connectivity index (χ2n) is 2.13. The molecule has 0 spiro atoms. The molecule has 8 N–H and O–H groups in total. The monoisotopic (exact) mass is 145 g/mol. The molecule has 0 aliphatic rings. The second-order valence-corrected chi connectivity index (χ2v) is 2.13. The number of nitrogens with zero attached hydrogens (tertiary/aromatic N) is 1. The minimum atomic E-state index is -0.463. The zero-order chi connectivity index (χ0) is 8.15. The first-order valence-corrected chi connectivity index (χ1v) is 3.10. The summed E-state index contributed by atoms with van der Waals surface area (Å²) >= 11 is 0. The molecule has 0 rings (SSSR count). The van der Waals surface area contributed by atoms with Crippen molar-refractivity contribution in [3.05, 3.63) is 0 Å². The maximum atomic E-state index is 5.44. The summed E-state index contributed by atoms with van der Waals surface area (Å²) in [5, 5.41) is 0. The van der Waals surface area contributed by atoms with Crippen molar-refractivity contribution < 1.29 is 0 Å². The maximum Gasteiger partial charge on any atom is 0.101 e. The Morgan fingerprint density at radius 2 is 2.00 bits per heavy atom. The molecule has 0 aliphatic heterocycles. The average Bonchev–Trinajstić information content (AvgIpc) is 1.87. The standard InChI is InChI=1S/C5H15N5/c1-3(4(7)8)5(9)10-2-6/h3-4H,2,6-8H2,1H3,(H2,9,10). The fourth-order valence-electron chi connectivity index (χ4n) is 0.447. The molecule has 0 aliphatic carbocycles. The number of hydrogen-bond acceptors (Lipinski definition) is 4. The fourth-order valence-corrected chi connectivity index (χ4v) is 0.447. The van der Waals surface area contributed by atoms with Crippen LogP contribution < -0.4 is 22.9 Å². The van der Waals surface area contributed by atoms with Crippen LogP contribution in [0.3, 0.4) is 0 Å². The highest BCUT2D eigenvalue weighted by Crippen LogP contribution is 1.94. The predicted molar refractivity (Wildman–Crippen MR) is 42.0 cm³/mol. The van der Waals surface area contributed by atoms with E-state index in [2.05, 4.69) is 4.99 Å². The molecule has 0 saturated carbocycles. The Morgan fingerprint density at radius 1 is 1.50 bits per heavy atom. The van der Waals surface area contributed by atoms with Gasteiger partial charge >= 0.3 is 0 Å². The van der Waals surface area contributed by atoms with Crippen molar-refractivity contribution in [2.24, 2.45) is 33.8 Å². The summed E-state index contributed by atoms with van der Waals surface area (Å²) in [6, 6.07) is 0. The van der Waals surface area contributed by atoms with Gasteiger partial charge in [0.1, 0.15) is 5.84 Å². The summed E-state index contributed by atoms with van der Waals surface area (Å²) in [4.78, 5) is 3.76. The zero-order valence-corrected chi connectivity index (χ0v) is 6.12. The topological polar surface area (TPSA) is 116 Å². The van der Waals surface area contributed by atoms with Crippen LogP contribution in [0.1, 0.15) is 6.92 Å². The van der Waals surface area contributed by atoms with E-state index in [9.17, 15) is 0 Å². The Labute approximate surface area is 60.5 Å². The second kappa shape index (κ2) is 4.21. The molecular weight excluding hydrogens is 130 g/mol. The van der Waals surface area contributed by atoms with Crippen molar-refractivity contribution in [2.75, 3.05) is 6.67 Å². The van der Waals surface area contributed by atoms with Crippen LogP contribution in [-0.2, 0) is 0 Å². The molecular formula is C5H15N5. The van der Waals surface area contributed by atoms with E-state index in [0.717, 1.165) is 0 Å². The van der Waals surface area contributed by atoms with Crippen LogP contribution in [0.4, 0.5) is 0 Å². The van der Waals surface area contributed by atoms with Gasteiger partial charge in [0.25, 0.3) is 0 Å². The third-order valence-electron chi connectivity index (χ3n) is 1.32. The van der Waals surface area contributed by atoms with Gasteiger partial charge in [0, 0.05) is 5.92 Å². The maximum absolute atomic E-state index is 5.44. The average molecular weight is 145 g/mol. The lowest BCUT2D eigenvalue weighted by molar-refractivity contribution is 0.581. The SMILES string of the molecule is CC(C(N)=NCN)C(N)N. The Bertz CT molecular complexity index is 119. The Hall–Kier alpha value is -0.650. The van der Waals surface area contributed by atoms with E-state index in [0.29, 0.717) is 5.84 Å². The largest absolute Gasteiger partial charge is 0.387 e. The smallest absolute Gasteiger partial charge is 0.101 e. The highest BCUT2D eigenvalue weighted by Gasteiger charge is 2.10. The molecule has 0 aromatic rings. The molecule has 0 fully saturated rings. The molecule has 60 valence electrons. The molecule has 1 unspecified atom stereocenters. The summed E-state index contributed by atoms with van der Waals surface area (Å²) in [5.74, 6) is 0.307. The van der Waals surface area contributed by atoms with E-state index < -0.39 is 6.17 Å². The minimum absolute atomic E-state index is 0.108. The van der Waals surface area contributed by atoms with Crippen LogP contribution in [0, 0.1) is 5.92 Å². The van der Waals surface area contributed by atoms with Gasteiger partial charge in [-0.05, 0) is 0 Å². The molecule has 1 atom stereocenters. The van der Waals surface area contributed by atoms with Gasteiger partial charge in [-0.2, -0.15) is 0 Å². The highest BCUT2D eigenvalue weighted by atomic mass is 15.0. The van der Waals surface area contributed by atoms with Gasteiger partial charge in [0.15, 0.2) is 0 Å². The van der Waals surface area contributed by atoms with E-state index in [4.69, 9.17) is 22.9 Å². The quantitative estimate of drug-likeness (QED) is 0.211. The van der Waals surface area contributed by atoms with Crippen LogP contribution in [0.5, 0.6) is 0 Å². The van der Waals surface area contributed by atoms with E-state index >= 15 is 0 Å². The van der Waals surface area contributed by atoms with Crippen LogP contribution in [0.25, 0.3) is 0 Å². The van der Waals surface area contributed by atoms with Gasteiger partial charge in [0.05, 0.1) is 12.8 Å². The molecule has 0 amide bonds. The van der Waals surface area contributed by atoms with Gasteiger partial charge in [0.2, 0.25) is 0 Å². The first-order valence-electron chi connectivity index (χ1n) is 3.10. The summed E-state index contributed by atoms with van der Waals surface area (Å²) < 4.78 is 0. The van der Waals surface area contributed by atoms with Gasteiger partial charge in [-0.25, -0.2) is 0 Å².